The van der Waals surface area contributed by atoms with E-state index in [1.165, 1.54) is 71.1 Å². The summed E-state index contributed by atoms with van der Waals surface area (Å²) in [7, 11) is 0. The normalized spacial score (nSPS) is 11.7. The summed E-state index contributed by atoms with van der Waals surface area (Å²) >= 11 is 0. The third kappa shape index (κ3) is 6.97. The molecule has 0 saturated heterocycles. The second-order valence-electron chi connectivity index (χ2n) is 18.4. The Morgan fingerprint density at radius 1 is 0.268 bits per heavy atom. The number of benzene rings is 12. The molecule has 0 amide bonds. The molecule has 0 aliphatic rings. The van der Waals surface area contributed by atoms with Gasteiger partial charge in [0.15, 0.2) is 5.82 Å². The van der Waals surface area contributed by atoms with Crippen LogP contribution in [0.1, 0.15) is 0 Å². The van der Waals surface area contributed by atoms with Gasteiger partial charge in [0.25, 0.3) is 0 Å². The molecule has 0 bridgehead atoms. The fourth-order valence-electron chi connectivity index (χ4n) is 10.8. The molecule has 3 heteroatoms. The van der Waals surface area contributed by atoms with Gasteiger partial charge in [0.2, 0.25) is 0 Å². The zero-order valence-electron chi connectivity index (χ0n) is 38.6. The Kier molecular flexibility index (Phi) is 9.53. The van der Waals surface area contributed by atoms with Gasteiger partial charge in [-0.15, -0.1) is 0 Å². The van der Waals surface area contributed by atoms with Crippen LogP contribution in [-0.2, 0) is 0 Å². The molecule has 14 rings (SSSR count). The number of hydrogen-bond donors (Lipinski definition) is 0. The Morgan fingerprint density at radius 2 is 0.789 bits per heavy atom. The fourth-order valence-corrected chi connectivity index (χ4v) is 10.8. The van der Waals surface area contributed by atoms with Crippen LogP contribution in [0.4, 0.5) is 0 Å². The van der Waals surface area contributed by atoms with Crippen LogP contribution in [0.15, 0.2) is 259 Å². The summed E-state index contributed by atoms with van der Waals surface area (Å²) in [6.45, 7) is 0. The molecule has 0 fully saturated rings. The molecule has 2 aromatic heterocycles. The molecule has 71 heavy (non-hydrogen) atoms. The lowest BCUT2D eigenvalue weighted by Gasteiger charge is -2.19. The van der Waals surface area contributed by atoms with Crippen molar-refractivity contribution < 1.29 is 4.42 Å². The topological polar surface area (TPSA) is 38.9 Å². The van der Waals surface area contributed by atoms with Gasteiger partial charge < -0.3 is 4.42 Å². The highest BCUT2D eigenvalue weighted by Gasteiger charge is 2.20. The summed E-state index contributed by atoms with van der Waals surface area (Å²) in [4.78, 5) is 10.3. The van der Waals surface area contributed by atoms with Gasteiger partial charge in [-0.3, -0.25) is 0 Å². The first-order chi connectivity index (χ1) is 35.2. The third-order valence-electron chi connectivity index (χ3n) is 14.3. The van der Waals surface area contributed by atoms with Crippen LogP contribution in [0.5, 0.6) is 0 Å². The molecule has 0 spiro atoms. The lowest BCUT2D eigenvalue weighted by atomic mass is 9.84. The minimum absolute atomic E-state index is 0.689. The number of rotatable bonds is 7. The van der Waals surface area contributed by atoms with Gasteiger partial charge >= 0.3 is 0 Å². The molecule has 0 N–H and O–H groups in total. The van der Waals surface area contributed by atoms with Gasteiger partial charge in [-0.25, -0.2) is 9.97 Å². The summed E-state index contributed by atoms with van der Waals surface area (Å²) in [6.07, 6.45) is 0. The van der Waals surface area contributed by atoms with Crippen LogP contribution in [0, 0.1) is 0 Å². The van der Waals surface area contributed by atoms with E-state index >= 15 is 0 Å². The van der Waals surface area contributed by atoms with E-state index in [9.17, 15) is 0 Å². The number of hydrogen-bond acceptors (Lipinski definition) is 3. The first-order valence-electron chi connectivity index (χ1n) is 24.2. The fraction of sp³-hybridized carbons (Fsp3) is 0. The van der Waals surface area contributed by atoms with Gasteiger partial charge in [-0.1, -0.05) is 231 Å². The molecule has 0 saturated carbocycles. The minimum Gasteiger partial charge on any atom is -0.455 e. The van der Waals surface area contributed by atoms with Gasteiger partial charge in [0.1, 0.15) is 11.2 Å². The molecular formula is C68H42N2O. The van der Waals surface area contributed by atoms with Crippen LogP contribution in [0.2, 0.25) is 0 Å². The summed E-state index contributed by atoms with van der Waals surface area (Å²) in [5.74, 6) is 0.689. The standard InChI is InChI=1S/C68H42N2O/c1-3-15-47(16-4-1)64-57-21-9-10-22-58(57)65(66-54-19-8-7-14-44(54)38-39-60(64)66)48-32-26-43(27-33-48)50-34-35-52-41-53(37-36-51(52)40-50)62-42-61(69-68(70-62)49-17-5-2-6-18-49)46-30-28-45(29-31-46)55-23-13-24-59-56-20-11-12-25-63(56)71-67(55)59/h1-42H. The van der Waals surface area contributed by atoms with E-state index < -0.39 is 0 Å². The summed E-state index contributed by atoms with van der Waals surface area (Å²) in [6, 6.07) is 91.3. The predicted octanol–water partition coefficient (Wildman–Crippen LogP) is 18.7. The SMILES string of the molecule is c1ccc(-c2nc(-c3ccc(-c4cccc5c4oc4ccccc45)cc3)cc(-c3ccc4cc(-c5ccc(-c6c7ccccc7c(-c7ccccc7)c7ccc8ccccc8c67)cc5)ccc4c3)n2)cc1. The molecule has 12 aromatic carbocycles. The van der Waals surface area contributed by atoms with E-state index in [4.69, 9.17) is 14.4 Å². The number of para-hydroxylation sites is 2. The Labute approximate surface area is 410 Å². The molecule has 0 radical (unpaired) electrons. The lowest BCUT2D eigenvalue weighted by Crippen LogP contribution is -1.96. The second kappa shape index (κ2) is 16.7. The number of furan rings is 1. The Balaban J connectivity index is 0.817. The van der Waals surface area contributed by atoms with E-state index in [1.54, 1.807) is 0 Å². The van der Waals surface area contributed by atoms with Crippen molar-refractivity contribution in [2.45, 2.75) is 0 Å². The van der Waals surface area contributed by atoms with Crippen molar-refractivity contribution in [1.82, 2.24) is 9.97 Å². The first kappa shape index (κ1) is 40.6. The third-order valence-corrected chi connectivity index (χ3v) is 14.3. The molecule has 0 atom stereocenters. The van der Waals surface area contributed by atoms with E-state index in [2.05, 4.69) is 224 Å². The van der Waals surface area contributed by atoms with Crippen LogP contribution < -0.4 is 0 Å². The quantitative estimate of drug-likeness (QED) is 0.118. The highest BCUT2D eigenvalue weighted by molar-refractivity contribution is 6.28. The van der Waals surface area contributed by atoms with Crippen molar-refractivity contribution in [3.63, 3.8) is 0 Å². The van der Waals surface area contributed by atoms with Gasteiger partial charge in [-0.2, -0.15) is 0 Å². The molecule has 330 valence electrons. The summed E-state index contributed by atoms with van der Waals surface area (Å²) in [5, 5.41) is 12.1. The maximum absolute atomic E-state index is 6.39. The average molecular weight is 903 g/mol. The molecule has 0 aliphatic heterocycles. The highest BCUT2D eigenvalue weighted by atomic mass is 16.3. The summed E-state index contributed by atoms with van der Waals surface area (Å²) < 4.78 is 6.39. The second-order valence-corrected chi connectivity index (χ2v) is 18.4. The number of aromatic nitrogens is 2. The maximum atomic E-state index is 6.39. The lowest BCUT2D eigenvalue weighted by molar-refractivity contribution is 0.670. The van der Waals surface area contributed by atoms with Crippen molar-refractivity contribution in [1.29, 1.82) is 0 Å². The first-order valence-corrected chi connectivity index (χ1v) is 24.2. The average Bonchev–Trinajstić information content (AvgIpc) is 3.84. The van der Waals surface area contributed by atoms with Gasteiger partial charge in [0.05, 0.1) is 11.4 Å². The van der Waals surface area contributed by atoms with E-state index in [1.807, 2.05) is 30.3 Å². The maximum Gasteiger partial charge on any atom is 0.160 e. The van der Waals surface area contributed by atoms with Crippen molar-refractivity contribution in [3.8, 4) is 78.4 Å². The van der Waals surface area contributed by atoms with Crippen LogP contribution >= 0.6 is 0 Å². The van der Waals surface area contributed by atoms with Crippen LogP contribution in [0.3, 0.4) is 0 Å². The zero-order valence-corrected chi connectivity index (χ0v) is 38.6. The Morgan fingerprint density at radius 3 is 1.55 bits per heavy atom. The highest BCUT2D eigenvalue weighted by Crippen LogP contribution is 2.47. The number of nitrogens with zero attached hydrogens (tertiary/aromatic N) is 2. The van der Waals surface area contributed by atoms with Crippen LogP contribution in [0.25, 0.3) is 143 Å². The van der Waals surface area contributed by atoms with E-state index in [0.29, 0.717) is 5.82 Å². The Bertz CT molecular complexity index is 4360. The van der Waals surface area contributed by atoms with Crippen molar-refractivity contribution in [2.75, 3.05) is 0 Å². The van der Waals surface area contributed by atoms with E-state index in [0.717, 1.165) is 66.5 Å². The molecule has 2 heterocycles. The molecular weight excluding hydrogens is 861 g/mol. The molecule has 3 nitrogen and oxygen atoms in total. The Hall–Kier alpha value is -9.44. The van der Waals surface area contributed by atoms with Crippen molar-refractivity contribution in [3.05, 3.63) is 255 Å². The van der Waals surface area contributed by atoms with E-state index in [-0.39, 0.29) is 0 Å². The van der Waals surface area contributed by atoms with Crippen molar-refractivity contribution in [2.24, 2.45) is 0 Å². The van der Waals surface area contributed by atoms with Crippen LogP contribution in [-0.4, -0.2) is 9.97 Å². The monoisotopic (exact) mass is 902 g/mol. The molecule has 14 aromatic rings. The number of fused-ring (bicyclic) bond motifs is 8. The summed E-state index contributed by atoms with van der Waals surface area (Å²) in [5.41, 5.74) is 16.0. The van der Waals surface area contributed by atoms with Gasteiger partial charge in [0, 0.05) is 33.0 Å². The smallest absolute Gasteiger partial charge is 0.160 e. The minimum atomic E-state index is 0.689. The largest absolute Gasteiger partial charge is 0.455 e. The predicted molar refractivity (Wildman–Crippen MR) is 297 cm³/mol. The molecule has 0 unspecified atom stereocenters. The van der Waals surface area contributed by atoms with Crippen molar-refractivity contribution >= 4 is 65.0 Å². The molecule has 0 aliphatic carbocycles. The zero-order chi connectivity index (χ0) is 46.8. The van der Waals surface area contributed by atoms with Gasteiger partial charge in [-0.05, 0) is 106 Å².